The van der Waals surface area contributed by atoms with Crippen LogP contribution in [0.3, 0.4) is 0 Å². The molecule has 180 valence electrons. The molecule has 34 heavy (non-hydrogen) atoms. The summed E-state index contributed by atoms with van der Waals surface area (Å²) in [6.45, 7) is 11.7. The monoisotopic (exact) mass is 461 g/mol. The molecule has 4 rings (SSSR count). The topological polar surface area (TPSA) is 95.9 Å². The van der Waals surface area contributed by atoms with Gasteiger partial charge in [0.25, 0.3) is 0 Å². The fourth-order valence-corrected chi connectivity index (χ4v) is 4.22. The van der Waals surface area contributed by atoms with E-state index >= 15 is 0 Å². The molecule has 0 radical (unpaired) electrons. The molecule has 3 heterocycles. The molecule has 0 atom stereocenters. The molecule has 0 bridgehead atoms. The number of piperidine rings is 1. The average molecular weight is 462 g/mol. The summed E-state index contributed by atoms with van der Waals surface area (Å²) in [7, 11) is 0. The van der Waals surface area contributed by atoms with Crippen molar-refractivity contribution in [3.63, 3.8) is 0 Å². The third-order valence-corrected chi connectivity index (χ3v) is 6.18. The van der Waals surface area contributed by atoms with E-state index in [-0.39, 0.29) is 17.9 Å². The first-order valence-electron chi connectivity index (χ1n) is 12.3. The third-order valence-electron chi connectivity index (χ3n) is 6.18. The molecule has 1 aliphatic rings. The third kappa shape index (κ3) is 6.26. The maximum Gasteiger partial charge on any atom is 0.228 e. The molecule has 0 unspecified atom stereocenters. The molecule has 2 N–H and O–H groups in total. The highest BCUT2D eigenvalue weighted by Crippen LogP contribution is 2.25. The van der Waals surface area contributed by atoms with Gasteiger partial charge in [-0.2, -0.15) is 0 Å². The van der Waals surface area contributed by atoms with Crippen LogP contribution in [0, 0.1) is 11.8 Å². The highest BCUT2D eigenvalue weighted by molar-refractivity contribution is 5.94. The summed E-state index contributed by atoms with van der Waals surface area (Å²) in [6.07, 6.45) is 6.44. The highest BCUT2D eigenvalue weighted by Gasteiger charge is 2.25. The van der Waals surface area contributed by atoms with Crippen LogP contribution in [0.4, 0.5) is 11.6 Å². The molecule has 0 aliphatic carbocycles. The van der Waals surface area contributed by atoms with Crippen molar-refractivity contribution in [3.05, 3.63) is 36.7 Å². The number of likely N-dealkylation sites (tertiary alicyclic amines) is 1. The van der Waals surface area contributed by atoms with Crippen LogP contribution < -0.4 is 10.6 Å². The lowest BCUT2D eigenvalue weighted by molar-refractivity contribution is -0.121. The van der Waals surface area contributed by atoms with Crippen LogP contribution in [-0.2, 0) is 4.79 Å². The lowest BCUT2D eigenvalue weighted by atomic mass is 9.95. The van der Waals surface area contributed by atoms with Crippen LogP contribution in [0.5, 0.6) is 0 Å². The van der Waals surface area contributed by atoms with Gasteiger partial charge in [0.05, 0.1) is 23.6 Å². The van der Waals surface area contributed by atoms with E-state index in [0.29, 0.717) is 11.7 Å². The first-order valence-corrected chi connectivity index (χ1v) is 12.3. The van der Waals surface area contributed by atoms with Gasteiger partial charge < -0.3 is 15.5 Å². The quantitative estimate of drug-likeness (QED) is 0.506. The van der Waals surface area contributed by atoms with Gasteiger partial charge in [-0.05, 0) is 76.9 Å². The summed E-state index contributed by atoms with van der Waals surface area (Å²) in [5, 5.41) is 15.7. The lowest BCUT2D eigenvalue weighted by Gasteiger charge is -2.31. The van der Waals surface area contributed by atoms with Gasteiger partial charge >= 0.3 is 0 Å². The van der Waals surface area contributed by atoms with Gasteiger partial charge in [-0.15, -0.1) is 10.2 Å². The zero-order valence-corrected chi connectivity index (χ0v) is 20.6. The van der Waals surface area contributed by atoms with Crippen LogP contribution in [0.15, 0.2) is 36.7 Å². The number of carbonyl (C=O) groups is 1. The molecule has 1 aliphatic heterocycles. The number of anilines is 2. The Bertz CT molecular complexity index is 1120. The summed E-state index contributed by atoms with van der Waals surface area (Å²) in [6, 6.07) is 8.04. The number of nitrogens with zero attached hydrogens (tertiary/aromatic N) is 5. The Morgan fingerprint density at radius 3 is 2.59 bits per heavy atom. The minimum atomic E-state index is 0.0191. The zero-order valence-electron chi connectivity index (χ0n) is 20.6. The van der Waals surface area contributed by atoms with Gasteiger partial charge in [-0.1, -0.05) is 19.9 Å². The van der Waals surface area contributed by atoms with Crippen molar-refractivity contribution < 1.29 is 4.79 Å². The highest BCUT2D eigenvalue weighted by atomic mass is 16.2. The van der Waals surface area contributed by atoms with Gasteiger partial charge in [0.1, 0.15) is 5.82 Å². The van der Waals surface area contributed by atoms with Crippen molar-refractivity contribution in [2.45, 2.75) is 53.0 Å². The Labute approximate surface area is 201 Å². The van der Waals surface area contributed by atoms with E-state index in [9.17, 15) is 4.79 Å². The van der Waals surface area contributed by atoms with Crippen molar-refractivity contribution in [3.8, 4) is 11.3 Å². The first kappa shape index (κ1) is 24.0. The molecule has 3 aromatic rings. The van der Waals surface area contributed by atoms with E-state index in [1.807, 2.05) is 24.3 Å². The van der Waals surface area contributed by atoms with E-state index < -0.39 is 0 Å². The molecule has 1 amide bonds. The normalized spacial score (nSPS) is 15.2. The minimum absolute atomic E-state index is 0.0191. The number of hydrogen-bond donors (Lipinski definition) is 2. The van der Waals surface area contributed by atoms with E-state index in [2.05, 4.69) is 63.4 Å². The standard InChI is InChI=1S/C26H35N7O/c1-17(2)7-10-33-11-8-19(9-12-33)26(34)30-24-14-21-13-20(5-6-22(21)31-32-24)23-15-27-16-25(29-23)28-18(3)4/h5-6,13-19H,7-12H2,1-4H3,(H,28,29)(H,30,32,34). The van der Waals surface area contributed by atoms with Crippen LogP contribution in [-0.4, -0.2) is 56.6 Å². The summed E-state index contributed by atoms with van der Waals surface area (Å²) < 4.78 is 0. The van der Waals surface area contributed by atoms with Gasteiger partial charge in [0.15, 0.2) is 5.82 Å². The summed E-state index contributed by atoms with van der Waals surface area (Å²) >= 11 is 0. The van der Waals surface area contributed by atoms with Crippen molar-refractivity contribution in [2.75, 3.05) is 30.3 Å². The molecule has 1 saturated heterocycles. The van der Waals surface area contributed by atoms with Crippen LogP contribution in [0.2, 0.25) is 0 Å². The Kier molecular flexibility index (Phi) is 7.67. The van der Waals surface area contributed by atoms with Crippen molar-refractivity contribution in [1.82, 2.24) is 25.1 Å². The smallest absolute Gasteiger partial charge is 0.228 e. The maximum absolute atomic E-state index is 12.9. The molecule has 1 fully saturated rings. The van der Waals surface area contributed by atoms with Crippen molar-refractivity contribution >= 4 is 28.4 Å². The number of amides is 1. The molecule has 2 aromatic heterocycles. The first-order chi connectivity index (χ1) is 16.4. The van der Waals surface area contributed by atoms with E-state index in [4.69, 9.17) is 0 Å². The van der Waals surface area contributed by atoms with Crippen molar-refractivity contribution in [2.24, 2.45) is 11.8 Å². The number of aromatic nitrogens is 4. The van der Waals surface area contributed by atoms with Crippen LogP contribution >= 0.6 is 0 Å². The number of rotatable bonds is 8. The molecule has 1 aromatic carbocycles. The number of hydrogen-bond acceptors (Lipinski definition) is 7. The fourth-order valence-electron chi connectivity index (χ4n) is 4.22. The van der Waals surface area contributed by atoms with E-state index in [0.717, 1.165) is 60.5 Å². The van der Waals surface area contributed by atoms with Crippen LogP contribution in [0.25, 0.3) is 22.2 Å². The summed E-state index contributed by atoms with van der Waals surface area (Å²) in [5.41, 5.74) is 2.48. The molecular formula is C26H35N7O. The number of nitrogens with one attached hydrogen (secondary N) is 2. The predicted octanol–water partition coefficient (Wildman–Crippen LogP) is 4.60. The second-order valence-corrected chi connectivity index (χ2v) is 9.88. The molecule has 0 spiro atoms. The predicted molar refractivity (Wildman–Crippen MR) is 137 cm³/mol. The number of benzene rings is 1. The second-order valence-electron chi connectivity index (χ2n) is 9.88. The zero-order chi connectivity index (χ0) is 24.1. The Morgan fingerprint density at radius 2 is 1.85 bits per heavy atom. The largest absolute Gasteiger partial charge is 0.367 e. The van der Waals surface area contributed by atoms with Crippen LogP contribution in [0.1, 0.15) is 47.0 Å². The Morgan fingerprint density at radius 1 is 1.06 bits per heavy atom. The van der Waals surface area contributed by atoms with Gasteiger partial charge in [-0.3, -0.25) is 9.78 Å². The maximum atomic E-state index is 12.9. The summed E-state index contributed by atoms with van der Waals surface area (Å²) in [5.74, 6) is 1.99. The van der Waals surface area contributed by atoms with E-state index in [1.165, 1.54) is 6.42 Å². The fraction of sp³-hybridized carbons (Fsp3) is 0.500. The van der Waals surface area contributed by atoms with Gasteiger partial charge in [0.2, 0.25) is 5.91 Å². The Balaban J connectivity index is 1.43. The SMILES string of the molecule is CC(C)CCN1CCC(C(=O)Nc2cc3cc(-c4cncc(NC(C)C)n4)ccc3nn2)CC1. The minimum Gasteiger partial charge on any atom is -0.367 e. The average Bonchev–Trinajstić information content (AvgIpc) is 2.82. The lowest BCUT2D eigenvalue weighted by Crippen LogP contribution is -2.39. The molecular weight excluding hydrogens is 426 g/mol. The number of fused-ring (bicyclic) bond motifs is 1. The Hall–Kier alpha value is -3.13. The second kappa shape index (κ2) is 10.9. The van der Waals surface area contributed by atoms with Gasteiger partial charge in [0, 0.05) is 22.9 Å². The van der Waals surface area contributed by atoms with E-state index in [1.54, 1.807) is 12.4 Å². The molecule has 8 nitrogen and oxygen atoms in total. The number of carbonyl (C=O) groups excluding carboxylic acids is 1. The molecule has 0 saturated carbocycles. The van der Waals surface area contributed by atoms with Crippen molar-refractivity contribution in [1.29, 1.82) is 0 Å². The van der Waals surface area contributed by atoms with Gasteiger partial charge in [-0.25, -0.2) is 4.98 Å². The summed E-state index contributed by atoms with van der Waals surface area (Å²) in [4.78, 5) is 24.3. The molecule has 8 heteroatoms.